The lowest BCUT2D eigenvalue weighted by atomic mass is 10.2. The minimum atomic E-state index is -0.108. The summed E-state index contributed by atoms with van der Waals surface area (Å²) in [5.41, 5.74) is 0.605. The van der Waals surface area contributed by atoms with E-state index in [9.17, 15) is 4.79 Å². The summed E-state index contributed by atoms with van der Waals surface area (Å²) in [7, 11) is 0. The number of hydrogen-bond donors (Lipinski definition) is 3. The predicted molar refractivity (Wildman–Crippen MR) is 68.5 cm³/mol. The van der Waals surface area contributed by atoms with E-state index in [4.69, 9.17) is 9.84 Å². The van der Waals surface area contributed by atoms with Crippen molar-refractivity contribution < 1.29 is 14.6 Å². The topological polar surface area (TPSA) is 58.6 Å². The van der Waals surface area contributed by atoms with Crippen LogP contribution in [0, 0.1) is 0 Å². The summed E-state index contributed by atoms with van der Waals surface area (Å²) in [6.07, 6.45) is 0.728. The number of rotatable bonds is 7. The Bertz CT molecular complexity index is 357. The van der Waals surface area contributed by atoms with Gasteiger partial charge in [-0.2, -0.15) is 0 Å². The first-order chi connectivity index (χ1) is 8.24. The lowest BCUT2D eigenvalue weighted by Gasteiger charge is -2.06. The van der Waals surface area contributed by atoms with Crippen molar-refractivity contribution in [2.75, 3.05) is 26.4 Å². The number of carbonyl (C=O) groups is 1. The van der Waals surface area contributed by atoms with Crippen LogP contribution in [0.5, 0.6) is 0 Å². The molecule has 1 amide bonds. The molecule has 1 rings (SSSR count). The fourth-order valence-electron chi connectivity index (χ4n) is 1.29. The van der Waals surface area contributed by atoms with Crippen molar-refractivity contribution in [3.63, 3.8) is 0 Å². The molecule has 0 saturated carbocycles. The average Bonchev–Trinajstić information content (AvgIpc) is 2.33. The minimum Gasteiger partial charge on any atom is -0.394 e. The van der Waals surface area contributed by atoms with Gasteiger partial charge in [0.25, 0.3) is 5.91 Å². The second-order valence-corrected chi connectivity index (χ2v) is 4.01. The number of aliphatic hydroxyl groups is 1. The number of carbonyl (C=O) groups excluding carboxylic acids is 1. The van der Waals surface area contributed by atoms with Gasteiger partial charge in [-0.05, 0) is 24.6 Å². The number of hydrogen-bond acceptors (Lipinski definition) is 4. The van der Waals surface area contributed by atoms with Crippen molar-refractivity contribution in [2.45, 2.75) is 11.3 Å². The molecule has 0 aliphatic carbocycles. The highest BCUT2D eigenvalue weighted by Crippen LogP contribution is 2.08. The molecule has 4 nitrogen and oxygen atoms in total. The van der Waals surface area contributed by atoms with Gasteiger partial charge in [0, 0.05) is 23.6 Å². The molecule has 0 unspecified atom stereocenters. The van der Waals surface area contributed by atoms with Crippen molar-refractivity contribution in [3.8, 4) is 0 Å². The van der Waals surface area contributed by atoms with Crippen LogP contribution in [0.2, 0.25) is 0 Å². The monoisotopic (exact) mass is 255 g/mol. The van der Waals surface area contributed by atoms with Gasteiger partial charge in [0.2, 0.25) is 0 Å². The van der Waals surface area contributed by atoms with Crippen LogP contribution in [-0.2, 0) is 4.74 Å². The number of thiol groups is 1. The van der Waals surface area contributed by atoms with E-state index in [0.717, 1.165) is 11.3 Å². The second-order valence-electron chi connectivity index (χ2n) is 3.50. The van der Waals surface area contributed by atoms with Crippen molar-refractivity contribution in [1.82, 2.24) is 5.32 Å². The Morgan fingerprint density at radius 2 is 2.24 bits per heavy atom. The molecule has 2 N–H and O–H groups in total. The number of ether oxygens (including phenoxy) is 1. The highest BCUT2D eigenvalue weighted by atomic mass is 32.1. The van der Waals surface area contributed by atoms with Gasteiger partial charge >= 0.3 is 0 Å². The summed E-state index contributed by atoms with van der Waals surface area (Å²) in [6, 6.07) is 7.09. The fourth-order valence-corrected chi connectivity index (χ4v) is 1.52. The zero-order chi connectivity index (χ0) is 12.5. The third-order valence-electron chi connectivity index (χ3n) is 2.09. The van der Waals surface area contributed by atoms with Crippen LogP contribution in [-0.4, -0.2) is 37.4 Å². The van der Waals surface area contributed by atoms with E-state index in [1.807, 2.05) is 6.07 Å². The molecule has 0 heterocycles. The van der Waals surface area contributed by atoms with Crippen molar-refractivity contribution in [1.29, 1.82) is 0 Å². The second kappa shape index (κ2) is 8.11. The summed E-state index contributed by atoms with van der Waals surface area (Å²) in [5, 5.41) is 11.3. The van der Waals surface area contributed by atoms with Gasteiger partial charge in [0.05, 0.1) is 13.2 Å². The molecular weight excluding hydrogens is 238 g/mol. The van der Waals surface area contributed by atoms with Gasteiger partial charge in [-0.1, -0.05) is 6.07 Å². The average molecular weight is 255 g/mol. The Morgan fingerprint density at radius 1 is 1.41 bits per heavy atom. The van der Waals surface area contributed by atoms with Gasteiger partial charge in [0.15, 0.2) is 0 Å². The van der Waals surface area contributed by atoms with E-state index in [2.05, 4.69) is 17.9 Å². The summed E-state index contributed by atoms with van der Waals surface area (Å²) in [4.78, 5) is 12.4. The molecule has 1 aromatic carbocycles. The molecule has 0 radical (unpaired) electrons. The smallest absolute Gasteiger partial charge is 0.251 e. The van der Waals surface area contributed by atoms with E-state index in [0.29, 0.717) is 25.3 Å². The maximum atomic E-state index is 11.7. The third-order valence-corrected chi connectivity index (χ3v) is 2.37. The first kappa shape index (κ1) is 14.0. The molecule has 94 valence electrons. The molecule has 0 aliphatic rings. The van der Waals surface area contributed by atoms with Gasteiger partial charge in [0.1, 0.15) is 0 Å². The zero-order valence-electron chi connectivity index (χ0n) is 9.56. The summed E-state index contributed by atoms with van der Waals surface area (Å²) in [5.74, 6) is -0.108. The third kappa shape index (κ3) is 5.72. The van der Waals surface area contributed by atoms with Crippen molar-refractivity contribution in [3.05, 3.63) is 29.8 Å². The van der Waals surface area contributed by atoms with E-state index in [1.165, 1.54) is 0 Å². The number of benzene rings is 1. The van der Waals surface area contributed by atoms with Gasteiger partial charge in [-0.15, -0.1) is 12.6 Å². The van der Waals surface area contributed by atoms with E-state index < -0.39 is 0 Å². The Balaban J connectivity index is 2.21. The summed E-state index contributed by atoms with van der Waals surface area (Å²) in [6.45, 7) is 1.46. The Kier molecular flexibility index (Phi) is 6.69. The number of nitrogens with one attached hydrogen (secondary N) is 1. The maximum Gasteiger partial charge on any atom is 0.251 e. The minimum absolute atomic E-state index is 0.0289. The SMILES string of the molecule is O=C(NCCCOCCO)c1cccc(S)c1. The molecule has 0 aliphatic heterocycles. The van der Waals surface area contributed by atoms with Gasteiger partial charge < -0.3 is 15.2 Å². The Morgan fingerprint density at radius 3 is 2.94 bits per heavy atom. The van der Waals surface area contributed by atoms with Crippen molar-refractivity contribution >= 4 is 18.5 Å². The van der Waals surface area contributed by atoms with Crippen LogP contribution in [0.25, 0.3) is 0 Å². The van der Waals surface area contributed by atoms with Gasteiger partial charge in [-0.3, -0.25) is 4.79 Å². The summed E-state index contributed by atoms with van der Waals surface area (Å²) >= 11 is 4.17. The van der Waals surface area contributed by atoms with Crippen molar-refractivity contribution in [2.24, 2.45) is 0 Å². The molecule has 1 aromatic rings. The molecule has 5 heteroatoms. The van der Waals surface area contributed by atoms with Crippen LogP contribution in [0.1, 0.15) is 16.8 Å². The van der Waals surface area contributed by atoms with Crippen LogP contribution in [0.15, 0.2) is 29.2 Å². The molecule has 0 aromatic heterocycles. The largest absolute Gasteiger partial charge is 0.394 e. The molecule has 17 heavy (non-hydrogen) atoms. The molecule has 0 saturated heterocycles. The summed E-state index contributed by atoms with van der Waals surface area (Å²) < 4.78 is 5.08. The maximum absolute atomic E-state index is 11.7. The van der Waals surface area contributed by atoms with Crippen LogP contribution >= 0.6 is 12.6 Å². The normalized spacial score (nSPS) is 10.2. The van der Waals surface area contributed by atoms with Gasteiger partial charge in [-0.25, -0.2) is 0 Å². The first-order valence-corrected chi connectivity index (χ1v) is 5.94. The van der Waals surface area contributed by atoms with E-state index in [-0.39, 0.29) is 12.5 Å². The quantitative estimate of drug-likeness (QED) is 0.505. The standard InChI is InChI=1S/C12H17NO3S/c14-6-8-16-7-2-5-13-12(15)10-3-1-4-11(17)9-10/h1,3-4,9,14,17H,2,5-8H2,(H,13,15). The lowest BCUT2D eigenvalue weighted by Crippen LogP contribution is -2.25. The molecule has 0 spiro atoms. The zero-order valence-corrected chi connectivity index (χ0v) is 10.5. The highest BCUT2D eigenvalue weighted by molar-refractivity contribution is 7.80. The van der Waals surface area contributed by atoms with E-state index >= 15 is 0 Å². The van der Waals surface area contributed by atoms with Crippen LogP contribution in [0.3, 0.4) is 0 Å². The lowest BCUT2D eigenvalue weighted by molar-refractivity contribution is 0.0867. The predicted octanol–water partition coefficient (Wildman–Crippen LogP) is 1.10. The fraction of sp³-hybridized carbons (Fsp3) is 0.417. The molecular formula is C12H17NO3S. The molecule has 0 fully saturated rings. The molecule has 0 bridgehead atoms. The van der Waals surface area contributed by atoms with E-state index in [1.54, 1.807) is 18.2 Å². The number of aliphatic hydroxyl groups excluding tert-OH is 1. The van der Waals surface area contributed by atoms with Crippen LogP contribution in [0.4, 0.5) is 0 Å². The Labute approximate surface area is 106 Å². The highest BCUT2D eigenvalue weighted by Gasteiger charge is 2.03. The van der Waals surface area contributed by atoms with Crippen LogP contribution < -0.4 is 5.32 Å². The number of amides is 1. The molecule has 0 atom stereocenters. The Hall–Kier alpha value is -1.04. The first-order valence-electron chi connectivity index (χ1n) is 5.50.